The van der Waals surface area contributed by atoms with Crippen LogP contribution in [0.1, 0.15) is 39.5 Å². The van der Waals surface area contributed by atoms with Gasteiger partial charge in [0, 0.05) is 19.5 Å². The van der Waals surface area contributed by atoms with E-state index in [1.54, 1.807) is 0 Å². The van der Waals surface area contributed by atoms with Crippen molar-refractivity contribution in [2.75, 3.05) is 26.7 Å². The molecule has 0 aromatic carbocycles. The molecule has 0 saturated carbocycles. The highest BCUT2D eigenvalue weighted by atomic mass is 16.4. The van der Waals surface area contributed by atoms with Gasteiger partial charge < -0.3 is 21.1 Å². The lowest BCUT2D eigenvalue weighted by Gasteiger charge is -2.23. The first-order chi connectivity index (χ1) is 8.87. The molecule has 0 spiro atoms. The third kappa shape index (κ3) is 11.5. The molecule has 0 saturated heterocycles. The van der Waals surface area contributed by atoms with E-state index in [4.69, 9.17) is 5.11 Å². The number of carbonyl (C=O) groups excluding carboxylic acids is 1. The molecule has 112 valence electrons. The van der Waals surface area contributed by atoms with Gasteiger partial charge in [0.05, 0.1) is 0 Å². The molecule has 0 aliphatic rings. The van der Waals surface area contributed by atoms with E-state index in [1.165, 1.54) is 0 Å². The quantitative estimate of drug-likeness (QED) is 0.450. The molecule has 6 nitrogen and oxygen atoms in total. The normalized spacial score (nSPS) is 11.1. The highest BCUT2D eigenvalue weighted by Crippen LogP contribution is 2.25. The third-order valence-corrected chi connectivity index (χ3v) is 2.99. The molecule has 4 N–H and O–H groups in total. The van der Waals surface area contributed by atoms with Crippen LogP contribution in [0.2, 0.25) is 0 Å². The molecular weight excluding hydrogens is 246 g/mol. The van der Waals surface area contributed by atoms with Crippen molar-refractivity contribution in [3.8, 4) is 0 Å². The second-order valence-corrected chi connectivity index (χ2v) is 5.45. The molecule has 0 fully saturated rings. The van der Waals surface area contributed by atoms with E-state index < -0.39 is 5.97 Å². The van der Waals surface area contributed by atoms with Crippen molar-refractivity contribution >= 4 is 12.0 Å². The summed E-state index contributed by atoms with van der Waals surface area (Å²) in [6.07, 6.45) is 2.45. The lowest BCUT2D eigenvalue weighted by Crippen LogP contribution is -2.38. The summed E-state index contributed by atoms with van der Waals surface area (Å²) in [5.41, 5.74) is -0.0716. The Kier molecular flexibility index (Phi) is 8.95. The van der Waals surface area contributed by atoms with Crippen LogP contribution in [0.5, 0.6) is 0 Å². The van der Waals surface area contributed by atoms with Gasteiger partial charge in [-0.05, 0) is 38.3 Å². The summed E-state index contributed by atoms with van der Waals surface area (Å²) < 4.78 is 0. The Bertz CT molecular complexity index is 280. The van der Waals surface area contributed by atoms with E-state index in [0.29, 0.717) is 19.5 Å². The van der Waals surface area contributed by atoms with Crippen molar-refractivity contribution in [1.29, 1.82) is 0 Å². The number of carboxylic acids is 1. The van der Waals surface area contributed by atoms with Crippen LogP contribution in [0.4, 0.5) is 4.79 Å². The second kappa shape index (κ2) is 9.61. The Labute approximate surface area is 115 Å². The Morgan fingerprint density at radius 2 is 1.68 bits per heavy atom. The van der Waals surface area contributed by atoms with Gasteiger partial charge in [-0.3, -0.25) is 4.79 Å². The number of hydrogen-bond donors (Lipinski definition) is 4. The summed E-state index contributed by atoms with van der Waals surface area (Å²) >= 11 is 0. The second-order valence-electron chi connectivity index (χ2n) is 5.45. The average molecular weight is 273 g/mol. The molecule has 0 bridgehead atoms. The first kappa shape index (κ1) is 17.7. The number of hydrogen-bond acceptors (Lipinski definition) is 3. The SMILES string of the molecule is CNCCCNC(=O)NCCC(C)(C)CCC(=O)O. The maximum atomic E-state index is 11.4. The molecule has 0 atom stereocenters. The van der Waals surface area contributed by atoms with Gasteiger partial charge in [0.15, 0.2) is 0 Å². The molecule has 0 unspecified atom stereocenters. The van der Waals surface area contributed by atoms with Gasteiger partial charge in [-0.25, -0.2) is 4.79 Å². The number of aliphatic carboxylic acids is 1. The zero-order valence-corrected chi connectivity index (χ0v) is 12.2. The van der Waals surface area contributed by atoms with Gasteiger partial charge >= 0.3 is 12.0 Å². The molecule has 0 radical (unpaired) electrons. The molecule has 0 aromatic rings. The first-order valence-corrected chi connectivity index (χ1v) is 6.75. The number of carbonyl (C=O) groups is 2. The van der Waals surface area contributed by atoms with Crippen LogP contribution >= 0.6 is 0 Å². The predicted molar refractivity (Wildman–Crippen MR) is 75.2 cm³/mol. The van der Waals surface area contributed by atoms with Crippen LogP contribution in [0.3, 0.4) is 0 Å². The summed E-state index contributed by atoms with van der Waals surface area (Å²) in [5, 5.41) is 17.2. The molecular formula is C13H27N3O3. The van der Waals surface area contributed by atoms with E-state index >= 15 is 0 Å². The van der Waals surface area contributed by atoms with Crippen LogP contribution in [-0.2, 0) is 4.79 Å². The summed E-state index contributed by atoms with van der Waals surface area (Å²) in [5.74, 6) is -0.775. The predicted octanol–water partition coefficient (Wildman–Crippen LogP) is 1.18. The summed E-state index contributed by atoms with van der Waals surface area (Å²) in [6, 6.07) is -0.162. The van der Waals surface area contributed by atoms with E-state index in [2.05, 4.69) is 16.0 Å². The molecule has 0 aromatic heterocycles. The molecule has 0 heterocycles. The van der Waals surface area contributed by atoms with Crippen molar-refractivity contribution in [3.63, 3.8) is 0 Å². The first-order valence-electron chi connectivity index (χ1n) is 6.75. The number of rotatable bonds is 10. The van der Waals surface area contributed by atoms with Crippen molar-refractivity contribution in [2.45, 2.75) is 39.5 Å². The highest BCUT2D eigenvalue weighted by Gasteiger charge is 2.19. The Hall–Kier alpha value is -1.30. The smallest absolute Gasteiger partial charge is 0.314 e. The maximum Gasteiger partial charge on any atom is 0.314 e. The van der Waals surface area contributed by atoms with Gasteiger partial charge in [-0.1, -0.05) is 13.8 Å². The average Bonchev–Trinajstić information content (AvgIpc) is 2.32. The molecule has 0 aliphatic carbocycles. The van der Waals surface area contributed by atoms with E-state index in [-0.39, 0.29) is 17.9 Å². The number of nitrogens with one attached hydrogen (secondary N) is 3. The number of amides is 2. The molecule has 0 rings (SSSR count). The Morgan fingerprint density at radius 3 is 2.26 bits per heavy atom. The van der Waals surface area contributed by atoms with Crippen molar-refractivity contribution in [3.05, 3.63) is 0 Å². The minimum Gasteiger partial charge on any atom is -0.481 e. The van der Waals surface area contributed by atoms with Gasteiger partial charge in [0.25, 0.3) is 0 Å². The summed E-state index contributed by atoms with van der Waals surface area (Å²) in [7, 11) is 1.87. The molecule has 0 aliphatic heterocycles. The van der Waals surface area contributed by atoms with Gasteiger partial charge in [-0.2, -0.15) is 0 Å². The van der Waals surface area contributed by atoms with Gasteiger partial charge in [0.1, 0.15) is 0 Å². The zero-order valence-electron chi connectivity index (χ0n) is 12.2. The number of carboxylic acid groups (broad SMARTS) is 1. The summed E-state index contributed by atoms with van der Waals surface area (Å²) in [6.45, 7) is 6.12. The lowest BCUT2D eigenvalue weighted by atomic mass is 9.84. The zero-order chi connectivity index (χ0) is 14.7. The van der Waals surface area contributed by atoms with Crippen molar-refractivity contribution < 1.29 is 14.7 Å². The molecule has 19 heavy (non-hydrogen) atoms. The minimum atomic E-state index is -0.775. The summed E-state index contributed by atoms with van der Waals surface area (Å²) in [4.78, 5) is 21.9. The van der Waals surface area contributed by atoms with E-state index in [0.717, 1.165) is 19.4 Å². The monoisotopic (exact) mass is 273 g/mol. The topological polar surface area (TPSA) is 90.5 Å². The largest absolute Gasteiger partial charge is 0.481 e. The fourth-order valence-corrected chi connectivity index (χ4v) is 1.61. The van der Waals surface area contributed by atoms with Crippen LogP contribution in [0, 0.1) is 5.41 Å². The van der Waals surface area contributed by atoms with Crippen molar-refractivity contribution in [2.24, 2.45) is 5.41 Å². The maximum absolute atomic E-state index is 11.4. The highest BCUT2D eigenvalue weighted by molar-refractivity contribution is 5.73. The van der Waals surface area contributed by atoms with Crippen LogP contribution in [-0.4, -0.2) is 43.8 Å². The number of urea groups is 1. The van der Waals surface area contributed by atoms with Gasteiger partial charge in [-0.15, -0.1) is 0 Å². The standard InChI is InChI=1S/C13H27N3O3/c1-13(2,6-5-11(17)18)7-10-16-12(19)15-9-4-8-14-3/h14H,4-10H2,1-3H3,(H,17,18)(H2,15,16,19). The molecule has 2 amide bonds. The van der Waals surface area contributed by atoms with Crippen LogP contribution in [0.15, 0.2) is 0 Å². The third-order valence-electron chi connectivity index (χ3n) is 2.99. The van der Waals surface area contributed by atoms with E-state index in [1.807, 2.05) is 20.9 Å². The lowest BCUT2D eigenvalue weighted by molar-refractivity contribution is -0.137. The van der Waals surface area contributed by atoms with Crippen LogP contribution < -0.4 is 16.0 Å². The minimum absolute atomic E-state index is 0.0716. The fourth-order valence-electron chi connectivity index (χ4n) is 1.61. The fraction of sp³-hybridized carbons (Fsp3) is 0.846. The van der Waals surface area contributed by atoms with Crippen LogP contribution in [0.25, 0.3) is 0 Å². The Morgan fingerprint density at radius 1 is 1.05 bits per heavy atom. The van der Waals surface area contributed by atoms with E-state index in [9.17, 15) is 9.59 Å². The van der Waals surface area contributed by atoms with Gasteiger partial charge in [0.2, 0.25) is 0 Å². The Balaban J connectivity index is 3.64. The van der Waals surface area contributed by atoms with Crippen molar-refractivity contribution in [1.82, 2.24) is 16.0 Å². The molecule has 6 heteroatoms.